The molecule has 16 heavy (non-hydrogen) atoms. The lowest BCUT2D eigenvalue weighted by molar-refractivity contribution is 0.210. The van der Waals surface area contributed by atoms with E-state index >= 15 is 0 Å². The van der Waals surface area contributed by atoms with Crippen molar-refractivity contribution in [2.24, 2.45) is 5.92 Å². The van der Waals surface area contributed by atoms with Gasteiger partial charge in [0.1, 0.15) is 5.83 Å². The molecule has 0 unspecified atom stereocenters. The van der Waals surface area contributed by atoms with Gasteiger partial charge in [-0.3, -0.25) is 0 Å². The molecule has 0 bridgehead atoms. The smallest absolute Gasteiger partial charge is 0.118 e. The van der Waals surface area contributed by atoms with E-state index in [0.29, 0.717) is 0 Å². The molecule has 1 aliphatic heterocycles. The molecule has 1 fully saturated rings. The van der Waals surface area contributed by atoms with Crippen LogP contribution in [0.15, 0.2) is 24.1 Å². The normalized spacial score (nSPS) is 20.8. The summed E-state index contributed by atoms with van der Waals surface area (Å²) in [6.07, 6.45) is 10.9. The van der Waals surface area contributed by atoms with E-state index in [1.165, 1.54) is 38.4 Å². The fourth-order valence-electron chi connectivity index (χ4n) is 2.22. The number of rotatable bonds is 5. The summed E-state index contributed by atoms with van der Waals surface area (Å²) in [4.78, 5) is 2.39. The Balaban J connectivity index is 2.09. The quantitative estimate of drug-likeness (QED) is 0.506. The molecule has 0 amide bonds. The summed E-state index contributed by atoms with van der Waals surface area (Å²) in [6.45, 7) is 4.30. The molecule has 1 heterocycles. The van der Waals surface area contributed by atoms with Crippen LogP contribution in [0, 0.1) is 5.92 Å². The summed E-state index contributed by atoms with van der Waals surface area (Å²) in [5.41, 5.74) is 0. The minimum Gasteiger partial charge on any atom is -0.306 e. The highest BCUT2D eigenvalue weighted by Crippen LogP contribution is 2.21. The van der Waals surface area contributed by atoms with Crippen LogP contribution in [0.5, 0.6) is 0 Å². The summed E-state index contributed by atoms with van der Waals surface area (Å²) in [5.74, 6) is 0.778. The molecule has 0 aromatic carbocycles. The minimum absolute atomic E-state index is 0.0918. The van der Waals surface area contributed by atoms with Gasteiger partial charge in [0, 0.05) is 0 Å². The van der Waals surface area contributed by atoms with Crippen molar-refractivity contribution in [1.82, 2.24) is 4.90 Å². The van der Waals surface area contributed by atoms with E-state index in [2.05, 4.69) is 11.9 Å². The zero-order valence-corrected chi connectivity index (χ0v) is 10.6. The van der Waals surface area contributed by atoms with E-state index < -0.39 is 0 Å². The second-order valence-electron chi connectivity index (χ2n) is 4.77. The van der Waals surface area contributed by atoms with Gasteiger partial charge in [-0.05, 0) is 70.8 Å². The molecule has 0 radical (unpaired) electrons. The van der Waals surface area contributed by atoms with Gasteiger partial charge in [-0.25, -0.2) is 4.39 Å². The maximum absolute atomic E-state index is 13.0. The topological polar surface area (TPSA) is 3.24 Å². The van der Waals surface area contributed by atoms with Gasteiger partial charge in [-0.2, -0.15) is 0 Å². The Morgan fingerprint density at radius 2 is 2.06 bits per heavy atom. The third-order valence-electron chi connectivity index (χ3n) is 3.32. The Morgan fingerprint density at radius 1 is 1.38 bits per heavy atom. The van der Waals surface area contributed by atoms with Crippen LogP contribution in [0.4, 0.5) is 4.39 Å². The highest BCUT2D eigenvalue weighted by atomic mass is 19.1. The number of likely N-dealkylation sites (tertiary alicyclic amines) is 1. The predicted octanol–water partition coefficient (Wildman–Crippen LogP) is 3.93. The number of allylic oxidation sites excluding steroid dienone is 4. The van der Waals surface area contributed by atoms with Crippen molar-refractivity contribution in [1.29, 1.82) is 0 Å². The van der Waals surface area contributed by atoms with E-state index in [4.69, 9.17) is 0 Å². The molecule has 0 aromatic rings. The van der Waals surface area contributed by atoms with E-state index in [0.717, 1.165) is 18.8 Å². The van der Waals surface area contributed by atoms with E-state index in [9.17, 15) is 4.39 Å². The lowest BCUT2D eigenvalue weighted by Crippen LogP contribution is -2.30. The van der Waals surface area contributed by atoms with Crippen LogP contribution in [-0.2, 0) is 0 Å². The zero-order valence-electron chi connectivity index (χ0n) is 10.6. The standard InChI is InChI=1S/C14H24FN/c1-3-6-14(15)8-5-4-7-13-9-11-16(2)12-10-13/h3,6,8,13H,4-5,7,9-12H2,1-2H3/b6-3-,14-8+. The number of nitrogens with zero attached hydrogens (tertiary/aromatic N) is 1. The molecular formula is C14H24FN. The van der Waals surface area contributed by atoms with Gasteiger partial charge < -0.3 is 4.90 Å². The molecule has 0 saturated carbocycles. The van der Waals surface area contributed by atoms with Gasteiger partial charge in [0.2, 0.25) is 0 Å². The summed E-state index contributed by atoms with van der Waals surface area (Å²) in [5, 5.41) is 0. The largest absolute Gasteiger partial charge is 0.306 e. The molecule has 1 rings (SSSR count). The lowest BCUT2D eigenvalue weighted by Gasteiger charge is -2.28. The molecular weight excluding hydrogens is 201 g/mol. The molecule has 2 heteroatoms. The summed E-state index contributed by atoms with van der Waals surface area (Å²) < 4.78 is 13.0. The van der Waals surface area contributed by atoms with Crippen molar-refractivity contribution in [3.8, 4) is 0 Å². The minimum atomic E-state index is -0.0918. The highest BCUT2D eigenvalue weighted by molar-refractivity contribution is 5.09. The van der Waals surface area contributed by atoms with Crippen LogP contribution in [0.3, 0.4) is 0 Å². The first-order valence-electron chi connectivity index (χ1n) is 6.39. The first-order valence-corrected chi connectivity index (χ1v) is 6.39. The van der Waals surface area contributed by atoms with Gasteiger partial charge in [0.05, 0.1) is 0 Å². The number of hydrogen-bond acceptors (Lipinski definition) is 1. The van der Waals surface area contributed by atoms with Crippen LogP contribution in [-0.4, -0.2) is 25.0 Å². The van der Waals surface area contributed by atoms with Crippen molar-refractivity contribution in [2.45, 2.75) is 39.0 Å². The third-order valence-corrected chi connectivity index (χ3v) is 3.32. The lowest BCUT2D eigenvalue weighted by atomic mass is 9.92. The van der Waals surface area contributed by atoms with Crippen LogP contribution in [0.2, 0.25) is 0 Å². The Morgan fingerprint density at radius 3 is 2.69 bits per heavy atom. The Bertz CT molecular complexity index is 237. The fraction of sp³-hybridized carbons (Fsp3) is 0.714. The highest BCUT2D eigenvalue weighted by Gasteiger charge is 2.15. The average Bonchev–Trinajstić information content (AvgIpc) is 2.27. The molecule has 0 aromatic heterocycles. The Kier molecular flexibility index (Phi) is 6.39. The van der Waals surface area contributed by atoms with Crippen LogP contribution < -0.4 is 0 Å². The molecule has 0 spiro atoms. The second kappa shape index (κ2) is 7.61. The molecule has 1 saturated heterocycles. The number of hydrogen-bond donors (Lipinski definition) is 0. The van der Waals surface area contributed by atoms with Gasteiger partial charge in [-0.15, -0.1) is 0 Å². The number of unbranched alkanes of at least 4 members (excludes halogenated alkanes) is 1. The van der Waals surface area contributed by atoms with Gasteiger partial charge in [-0.1, -0.05) is 12.5 Å². The maximum atomic E-state index is 13.0. The first kappa shape index (κ1) is 13.4. The van der Waals surface area contributed by atoms with Crippen LogP contribution in [0.1, 0.15) is 39.0 Å². The monoisotopic (exact) mass is 225 g/mol. The Hall–Kier alpha value is -0.630. The van der Waals surface area contributed by atoms with Crippen molar-refractivity contribution in [2.75, 3.05) is 20.1 Å². The summed E-state index contributed by atoms with van der Waals surface area (Å²) in [6, 6.07) is 0. The van der Waals surface area contributed by atoms with Gasteiger partial charge in [0.25, 0.3) is 0 Å². The van der Waals surface area contributed by atoms with Crippen molar-refractivity contribution < 1.29 is 4.39 Å². The predicted molar refractivity (Wildman–Crippen MR) is 68.1 cm³/mol. The fourth-order valence-corrected chi connectivity index (χ4v) is 2.22. The van der Waals surface area contributed by atoms with E-state index in [-0.39, 0.29) is 5.83 Å². The van der Waals surface area contributed by atoms with Crippen molar-refractivity contribution in [3.63, 3.8) is 0 Å². The average molecular weight is 225 g/mol. The SMILES string of the molecule is C/C=C\C(F)=C/CCCC1CCN(C)CC1. The maximum Gasteiger partial charge on any atom is 0.118 e. The van der Waals surface area contributed by atoms with Crippen LogP contribution >= 0.6 is 0 Å². The van der Waals surface area contributed by atoms with E-state index in [1.807, 2.05) is 6.92 Å². The molecule has 0 N–H and O–H groups in total. The van der Waals surface area contributed by atoms with Crippen molar-refractivity contribution >= 4 is 0 Å². The summed E-state index contributed by atoms with van der Waals surface area (Å²) >= 11 is 0. The van der Waals surface area contributed by atoms with Gasteiger partial charge in [0.15, 0.2) is 0 Å². The third kappa shape index (κ3) is 5.45. The Labute approximate surface area is 99.0 Å². The molecule has 0 atom stereocenters. The van der Waals surface area contributed by atoms with Crippen molar-refractivity contribution in [3.05, 3.63) is 24.1 Å². The molecule has 0 aliphatic carbocycles. The summed E-state index contributed by atoms with van der Waals surface area (Å²) in [7, 11) is 2.19. The second-order valence-corrected chi connectivity index (χ2v) is 4.77. The molecule has 1 nitrogen and oxygen atoms in total. The number of halogens is 1. The van der Waals surface area contributed by atoms with E-state index in [1.54, 1.807) is 12.2 Å². The number of piperidine rings is 1. The molecule has 92 valence electrons. The van der Waals surface area contributed by atoms with Crippen LogP contribution in [0.25, 0.3) is 0 Å². The van der Waals surface area contributed by atoms with Gasteiger partial charge >= 0.3 is 0 Å². The zero-order chi connectivity index (χ0) is 11.8. The molecule has 1 aliphatic rings. The first-order chi connectivity index (χ1) is 7.72.